The maximum absolute atomic E-state index is 11.7. The number of ether oxygens (including phenoxy) is 1. The first-order valence-corrected chi connectivity index (χ1v) is 5.41. The minimum Gasteiger partial charge on any atom is -0.481 e. The normalized spacial score (nSPS) is 21.2. The number of hydrogen-bond acceptors (Lipinski definition) is 4. The Hall–Kier alpha value is -1.59. The van der Waals surface area contributed by atoms with E-state index in [0.717, 1.165) is 4.90 Å². The van der Waals surface area contributed by atoms with Crippen molar-refractivity contribution in [1.29, 1.82) is 0 Å². The molecule has 0 aromatic heterocycles. The molecule has 96 valence electrons. The van der Waals surface area contributed by atoms with Gasteiger partial charge < -0.3 is 9.84 Å². The van der Waals surface area contributed by atoms with Gasteiger partial charge in [-0.1, -0.05) is 0 Å². The maximum Gasteiger partial charge on any atom is 0.410 e. The lowest BCUT2D eigenvalue weighted by atomic mass is 9.98. The predicted octanol–water partition coefficient (Wildman–Crippen LogP) is 0.897. The third-order valence-corrected chi connectivity index (χ3v) is 2.28. The van der Waals surface area contributed by atoms with Gasteiger partial charge in [-0.05, 0) is 20.8 Å². The van der Waals surface area contributed by atoms with Crippen LogP contribution in [0.4, 0.5) is 4.79 Å². The highest BCUT2D eigenvalue weighted by atomic mass is 16.6. The van der Waals surface area contributed by atoms with Crippen molar-refractivity contribution in [3.63, 3.8) is 0 Å². The Balaban J connectivity index is 2.67. The Morgan fingerprint density at radius 2 is 2.00 bits per heavy atom. The molecule has 0 aromatic rings. The predicted molar refractivity (Wildman–Crippen MR) is 58.6 cm³/mol. The van der Waals surface area contributed by atoms with Crippen LogP contribution in [-0.2, 0) is 14.3 Å². The van der Waals surface area contributed by atoms with Crippen molar-refractivity contribution in [2.24, 2.45) is 5.92 Å². The second-order valence-electron chi connectivity index (χ2n) is 5.14. The SMILES string of the molecule is CC(C)(C)OC(=O)N1CC(=O)CC(C(=O)O)C1. The van der Waals surface area contributed by atoms with Gasteiger partial charge in [0.05, 0.1) is 12.5 Å². The summed E-state index contributed by atoms with van der Waals surface area (Å²) in [6.45, 7) is 5.09. The Bertz CT molecular complexity index is 344. The minimum atomic E-state index is -1.06. The van der Waals surface area contributed by atoms with Crippen LogP contribution >= 0.6 is 0 Å². The molecule has 1 fully saturated rings. The van der Waals surface area contributed by atoms with Gasteiger partial charge in [0.2, 0.25) is 0 Å². The van der Waals surface area contributed by atoms with E-state index in [1.165, 1.54) is 0 Å². The standard InChI is InChI=1S/C11H17NO5/c1-11(2,3)17-10(16)12-5-7(9(14)15)4-8(13)6-12/h7H,4-6H2,1-3H3,(H,14,15). The number of carbonyl (C=O) groups is 3. The second-order valence-corrected chi connectivity index (χ2v) is 5.14. The molecule has 1 saturated heterocycles. The molecular formula is C11H17NO5. The molecule has 1 rings (SSSR count). The molecule has 1 unspecified atom stereocenters. The van der Waals surface area contributed by atoms with Gasteiger partial charge in [-0.15, -0.1) is 0 Å². The van der Waals surface area contributed by atoms with Crippen LogP contribution in [0.1, 0.15) is 27.2 Å². The van der Waals surface area contributed by atoms with Gasteiger partial charge in [0.25, 0.3) is 0 Å². The summed E-state index contributed by atoms with van der Waals surface area (Å²) in [5, 5.41) is 8.86. The van der Waals surface area contributed by atoms with Crippen LogP contribution in [0.5, 0.6) is 0 Å². The molecule has 0 aliphatic carbocycles. The molecule has 1 aliphatic heterocycles. The van der Waals surface area contributed by atoms with Gasteiger partial charge in [-0.3, -0.25) is 14.5 Å². The van der Waals surface area contributed by atoms with Crippen LogP contribution in [-0.4, -0.2) is 46.5 Å². The van der Waals surface area contributed by atoms with Crippen molar-refractivity contribution in [3.8, 4) is 0 Å². The topological polar surface area (TPSA) is 83.9 Å². The van der Waals surface area contributed by atoms with Gasteiger partial charge in [0.15, 0.2) is 5.78 Å². The van der Waals surface area contributed by atoms with E-state index in [9.17, 15) is 14.4 Å². The first kappa shape index (κ1) is 13.5. The summed E-state index contributed by atoms with van der Waals surface area (Å²) in [6.07, 6.45) is -0.661. The number of hydrogen-bond donors (Lipinski definition) is 1. The van der Waals surface area contributed by atoms with Crippen molar-refractivity contribution < 1.29 is 24.2 Å². The van der Waals surface area contributed by atoms with Gasteiger partial charge in [-0.25, -0.2) is 4.79 Å². The zero-order chi connectivity index (χ0) is 13.2. The maximum atomic E-state index is 11.7. The minimum absolute atomic E-state index is 0.0192. The molecule has 0 bridgehead atoms. The summed E-state index contributed by atoms with van der Waals surface area (Å²) >= 11 is 0. The molecule has 1 aliphatic rings. The van der Waals surface area contributed by atoms with Crippen molar-refractivity contribution in [3.05, 3.63) is 0 Å². The van der Waals surface area contributed by atoms with Gasteiger partial charge in [-0.2, -0.15) is 0 Å². The molecule has 6 heteroatoms. The molecule has 0 spiro atoms. The van der Waals surface area contributed by atoms with E-state index in [1.54, 1.807) is 20.8 Å². The van der Waals surface area contributed by atoms with E-state index < -0.39 is 23.6 Å². The number of likely N-dealkylation sites (tertiary alicyclic amines) is 1. The van der Waals surface area contributed by atoms with Crippen LogP contribution in [0.15, 0.2) is 0 Å². The summed E-state index contributed by atoms with van der Waals surface area (Å²) in [5.41, 5.74) is -0.656. The lowest BCUT2D eigenvalue weighted by Crippen LogP contribution is -2.48. The molecule has 17 heavy (non-hydrogen) atoms. The number of rotatable bonds is 1. The fraction of sp³-hybridized carbons (Fsp3) is 0.727. The first-order chi connectivity index (χ1) is 7.69. The van der Waals surface area contributed by atoms with Crippen molar-refractivity contribution in [2.75, 3.05) is 13.1 Å². The third-order valence-electron chi connectivity index (χ3n) is 2.28. The highest BCUT2D eigenvalue weighted by molar-refractivity contribution is 5.89. The number of nitrogens with zero attached hydrogens (tertiary/aromatic N) is 1. The number of carboxylic acid groups (broad SMARTS) is 1. The van der Waals surface area contributed by atoms with E-state index in [-0.39, 0.29) is 25.3 Å². The third kappa shape index (κ3) is 4.05. The molecule has 0 radical (unpaired) electrons. The van der Waals surface area contributed by atoms with Crippen LogP contribution in [0.2, 0.25) is 0 Å². The molecular weight excluding hydrogens is 226 g/mol. The molecule has 0 saturated carbocycles. The fourth-order valence-electron chi connectivity index (χ4n) is 1.58. The largest absolute Gasteiger partial charge is 0.481 e. The Morgan fingerprint density at radius 3 is 2.47 bits per heavy atom. The number of amides is 1. The Kier molecular flexibility index (Phi) is 3.75. The van der Waals surface area contributed by atoms with Crippen molar-refractivity contribution in [1.82, 2.24) is 4.90 Å². The number of Topliss-reactive ketones (excluding diaryl/α,β-unsaturated/α-hetero) is 1. The Morgan fingerprint density at radius 1 is 1.41 bits per heavy atom. The number of carbonyl (C=O) groups excluding carboxylic acids is 2. The smallest absolute Gasteiger partial charge is 0.410 e. The van der Waals surface area contributed by atoms with Crippen molar-refractivity contribution >= 4 is 17.8 Å². The van der Waals surface area contributed by atoms with Gasteiger partial charge in [0.1, 0.15) is 5.60 Å². The summed E-state index contributed by atoms with van der Waals surface area (Å²) in [6, 6.07) is 0. The van der Waals surface area contributed by atoms with Crippen LogP contribution in [0, 0.1) is 5.92 Å². The summed E-state index contributed by atoms with van der Waals surface area (Å²) < 4.78 is 5.10. The summed E-state index contributed by atoms with van der Waals surface area (Å²) in [7, 11) is 0. The van der Waals surface area contributed by atoms with Crippen LogP contribution in [0.25, 0.3) is 0 Å². The lowest BCUT2D eigenvalue weighted by Gasteiger charge is -2.31. The van der Waals surface area contributed by atoms with Crippen LogP contribution < -0.4 is 0 Å². The fourth-order valence-corrected chi connectivity index (χ4v) is 1.58. The van der Waals surface area contributed by atoms with E-state index in [1.807, 2.05) is 0 Å². The number of ketones is 1. The van der Waals surface area contributed by atoms with Gasteiger partial charge >= 0.3 is 12.1 Å². The van der Waals surface area contributed by atoms with Crippen molar-refractivity contribution in [2.45, 2.75) is 32.8 Å². The molecule has 1 N–H and O–H groups in total. The average molecular weight is 243 g/mol. The molecule has 0 aromatic carbocycles. The quantitative estimate of drug-likeness (QED) is 0.739. The Labute approximate surface area is 99.5 Å². The highest BCUT2D eigenvalue weighted by Gasteiger charge is 2.34. The number of carboxylic acids is 1. The average Bonchev–Trinajstić information content (AvgIpc) is 2.13. The molecule has 1 amide bonds. The second kappa shape index (κ2) is 4.73. The zero-order valence-corrected chi connectivity index (χ0v) is 10.2. The molecule has 6 nitrogen and oxygen atoms in total. The number of piperidine rings is 1. The summed E-state index contributed by atoms with van der Waals surface area (Å²) in [5.74, 6) is -2.15. The lowest BCUT2D eigenvalue weighted by molar-refractivity contribution is -0.146. The van der Waals surface area contributed by atoms with Gasteiger partial charge in [0, 0.05) is 13.0 Å². The number of aliphatic carboxylic acids is 1. The van der Waals surface area contributed by atoms with E-state index in [0.29, 0.717) is 0 Å². The molecule has 1 heterocycles. The van der Waals surface area contributed by atoms with E-state index in [4.69, 9.17) is 9.84 Å². The first-order valence-electron chi connectivity index (χ1n) is 5.41. The summed E-state index contributed by atoms with van der Waals surface area (Å²) in [4.78, 5) is 35.0. The zero-order valence-electron chi connectivity index (χ0n) is 10.2. The molecule has 1 atom stereocenters. The monoisotopic (exact) mass is 243 g/mol. The van der Waals surface area contributed by atoms with Crippen LogP contribution in [0.3, 0.4) is 0 Å². The highest BCUT2D eigenvalue weighted by Crippen LogP contribution is 2.17. The van der Waals surface area contributed by atoms with E-state index >= 15 is 0 Å². The van der Waals surface area contributed by atoms with E-state index in [2.05, 4.69) is 0 Å².